The maximum atomic E-state index is 12.1. The second-order valence-corrected chi connectivity index (χ2v) is 4.69. The predicted molar refractivity (Wildman–Crippen MR) is 83.7 cm³/mol. The molecule has 0 amide bonds. The van der Waals surface area contributed by atoms with Crippen molar-refractivity contribution in [1.29, 1.82) is 0 Å². The summed E-state index contributed by atoms with van der Waals surface area (Å²) in [5.74, 6) is 0.164. The maximum absolute atomic E-state index is 12.1. The summed E-state index contributed by atoms with van der Waals surface area (Å²) in [5.41, 5.74) is 10.9. The van der Waals surface area contributed by atoms with E-state index in [0.717, 1.165) is 0 Å². The minimum absolute atomic E-state index is 0.115. The lowest BCUT2D eigenvalue weighted by atomic mass is 10.1. The maximum Gasteiger partial charge on any atom is 0.357 e. The summed E-state index contributed by atoms with van der Waals surface area (Å²) in [6.45, 7) is 3.92. The highest BCUT2D eigenvalue weighted by atomic mass is 16.5. The first kappa shape index (κ1) is 16.4. The molecule has 0 saturated carbocycles. The van der Waals surface area contributed by atoms with Gasteiger partial charge in [-0.25, -0.2) is 9.48 Å². The van der Waals surface area contributed by atoms with Crippen molar-refractivity contribution in [2.45, 2.75) is 20.4 Å². The number of carbonyl (C=O) groups is 1. The molecule has 23 heavy (non-hydrogen) atoms. The third-order valence-corrected chi connectivity index (χ3v) is 3.14. The molecule has 8 heteroatoms. The first-order valence-corrected chi connectivity index (χ1v) is 7.02. The van der Waals surface area contributed by atoms with Gasteiger partial charge in [-0.3, -0.25) is 0 Å². The van der Waals surface area contributed by atoms with Crippen molar-refractivity contribution in [3.8, 4) is 11.4 Å². The van der Waals surface area contributed by atoms with Crippen LogP contribution >= 0.6 is 0 Å². The number of hydrogen-bond donors (Lipinski definition) is 0. The number of aromatic nitrogens is 2. The molecule has 2 rings (SSSR count). The molecule has 1 aromatic carbocycles. The molecule has 1 aromatic heterocycles. The monoisotopic (exact) mass is 315 g/mol. The van der Waals surface area contributed by atoms with Crippen LogP contribution in [0, 0.1) is 6.92 Å². The Hall–Kier alpha value is -2.99. The van der Waals surface area contributed by atoms with Crippen molar-refractivity contribution in [2.24, 2.45) is 5.11 Å². The molecule has 0 aliphatic carbocycles. The molecule has 0 radical (unpaired) electrons. The van der Waals surface area contributed by atoms with Crippen LogP contribution < -0.4 is 4.74 Å². The van der Waals surface area contributed by atoms with Gasteiger partial charge in [0.2, 0.25) is 0 Å². The number of methoxy groups -OCH3 is 1. The Morgan fingerprint density at radius 1 is 1.43 bits per heavy atom. The largest absolute Gasteiger partial charge is 0.497 e. The van der Waals surface area contributed by atoms with Gasteiger partial charge in [0.25, 0.3) is 0 Å². The van der Waals surface area contributed by atoms with Gasteiger partial charge in [-0.2, -0.15) is 5.10 Å². The molecule has 2 aromatic rings. The van der Waals surface area contributed by atoms with Crippen LogP contribution in [0.3, 0.4) is 0 Å². The Labute approximate surface area is 133 Å². The summed E-state index contributed by atoms with van der Waals surface area (Å²) in [5, 5.41) is 7.94. The molecule has 0 saturated heterocycles. The van der Waals surface area contributed by atoms with E-state index >= 15 is 0 Å². The van der Waals surface area contributed by atoms with Gasteiger partial charge in [-0.1, -0.05) is 5.11 Å². The molecular weight excluding hydrogens is 298 g/mol. The van der Waals surface area contributed by atoms with Gasteiger partial charge in [0.05, 0.1) is 31.6 Å². The SMILES string of the molecule is CCOC(=O)c1cc(C)nn1-c1ccc(OC)cc1CN=[N+]=[N-]. The third kappa shape index (κ3) is 3.61. The van der Waals surface area contributed by atoms with Crippen LogP contribution in [0.25, 0.3) is 16.1 Å². The Kier molecular flexibility index (Phi) is 5.22. The van der Waals surface area contributed by atoms with Crippen molar-refractivity contribution < 1.29 is 14.3 Å². The lowest BCUT2D eigenvalue weighted by molar-refractivity contribution is 0.0515. The molecule has 0 aliphatic rings. The standard InChI is InChI=1S/C15H17N5O3/c1-4-23-15(21)14-7-10(2)18-20(14)13-6-5-12(22-3)8-11(13)9-17-19-16/h5-8H,4,9H2,1-3H3. The van der Waals surface area contributed by atoms with Gasteiger partial charge < -0.3 is 9.47 Å². The van der Waals surface area contributed by atoms with E-state index in [2.05, 4.69) is 15.1 Å². The number of esters is 1. The van der Waals surface area contributed by atoms with Crippen LogP contribution in [0.5, 0.6) is 5.75 Å². The van der Waals surface area contributed by atoms with Gasteiger partial charge >= 0.3 is 5.97 Å². The first-order valence-electron chi connectivity index (χ1n) is 7.02. The van der Waals surface area contributed by atoms with Crippen LogP contribution in [0.2, 0.25) is 0 Å². The fourth-order valence-corrected chi connectivity index (χ4v) is 2.16. The molecule has 0 unspecified atom stereocenters. The Morgan fingerprint density at radius 3 is 2.87 bits per heavy atom. The lowest BCUT2D eigenvalue weighted by Gasteiger charge is -2.12. The Balaban J connectivity index is 2.57. The van der Waals surface area contributed by atoms with E-state index in [0.29, 0.717) is 28.4 Å². The number of hydrogen-bond acceptors (Lipinski definition) is 5. The fourth-order valence-electron chi connectivity index (χ4n) is 2.16. The fraction of sp³-hybridized carbons (Fsp3) is 0.333. The Morgan fingerprint density at radius 2 is 2.22 bits per heavy atom. The van der Waals surface area contributed by atoms with E-state index in [4.69, 9.17) is 15.0 Å². The van der Waals surface area contributed by atoms with Crippen LogP contribution in [0.4, 0.5) is 0 Å². The summed E-state index contributed by atoms with van der Waals surface area (Å²) in [6.07, 6.45) is 0. The smallest absolute Gasteiger partial charge is 0.357 e. The Bertz CT molecular complexity index is 762. The summed E-state index contributed by atoms with van der Waals surface area (Å²) >= 11 is 0. The van der Waals surface area contributed by atoms with E-state index in [1.165, 1.54) is 4.68 Å². The number of rotatable bonds is 6. The number of azide groups is 1. The van der Waals surface area contributed by atoms with E-state index in [1.807, 2.05) is 0 Å². The van der Waals surface area contributed by atoms with Gasteiger partial charge in [0.1, 0.15) is 5.75 Å². The summed E-state index contributed by atoms with van der Waals surface area (Å²) in [6, 6.07) is 6.91. The topological polar surface area (TPSA) is 102 Å². The number of aryl methyl sites for hydroxylation is 1. The molecular formula is C15H17N5O3. The minimum atomic E-state index is -0.460. The van der Waals surface area contributed by atoms with E-state index in [9.17, 15) is 4.79 Å². The van der Waals surface area contributed by atoms with Crippen molar-refractivity contribution in [3.63, 3.8) is 0 Å². The summed E-state index contributed by atoms with van der Waals surface area (Å²) in [7, 11) is 1.55. The van der Waals surface area contributed by atoms with Gasteiger partial charge in [0, 0.05) is 4.91 Å². The van der Waals surface area contributed by atoms with Crippen LogP contribution in [0.15, 0.2) is 29.4 Å². The first-order chi connectivity index (χ1) is 11.1. The lowest BCUT2D eigenvalue weighted by Crippen LogP contribution is -2.13. The molecule has 8 nitrogen and oxygen atoms in total. The van der Waals surface area contributed by atoms with Crippen molar-refractivity contribution in [3.05, 3.63) is 51.7 Å². The average Bonchev–Trinajstić information content (AvgIpc) is 2.94. The van der Waals surface area contributed by atoms with Crippen LogP contribution in [0.1, 0.15) is 28.7 Å². The molecule has 1 heterocycles. The second kappa shape index (κ2) is 7.33. The van der Waals surface area contributed by atoms with Crippen LogP contribution in [-0.2, 0) is 11.3 Å². The van der Waals surface area contributed by atoms with Gasteiger partial charge in [0.15, 0.2) is 5.69 Å². The van der Waals surface area contributed by atoms with E-state index in [1.54, 1.807) is 45.2 Å². The highest BCUT2D eigenvalue weighted by Gasteiger charge is 2.18. The van der Waals surface area contributed by atoms with Crippen molar-refractivity contribution in [2.75, 3.05) is 13.7 Å². The number of ether oxygens (including phenoxy) is 2. The van der Waals surface area contributed by atoms with Gasteiger partial charge in [-0.15, -0.1) is 0 Å². The van der Waals surface area contributed by atoms with Crippen molar-refractivity contribution in [1.82, 2.24) is 9.78 Å². The van der Waals surface area contributed by atoms with Crippen molar-refractivity contribution >= 4 is 5.97 Å². The molecule has 120 valence electrons. The number of nitrogens with zero attached hydrogens (tertiary/aromatic N) is 5. The van der Waals surface area contributed by atoms with E-state index in [-0.39, 0.29) is 13.2 Å². The zero-order valence-electron chi connectivity index (χ0n) is 13.2. The quantitative estimate of drug-likeness (QED) is 0.353. The third-order valence-electron chi connectivity index (χ3n) is 3.14. The zero-order chi connectivity index (χ0) is 16.8. The van der Waals surface area contributed by atoms with E-state index < -0.39 is 5.97 Å². The minimum Gasteiger partial charge on any atom is -0.497 e. The number of carbonyl (C=O) groups excluding carboxylic acids is 1. The highest BCUT2D eigenvalue weighted by Crippen LogP contribution is 2.24. The molecule has 0 atom stereocenters. The average molecular weight is 315 g/mol. The highest BCUT2D eigenvalue weighted by molar-refractivity contribution is 5.88. The summed E-state index contributed by atoms with van der Waals surface area (Å²) < 4.78 is 11.7. The normalized spacial score (nSPS) is 10.0. The number of benzene rings is 1. The molecule has 0 N–H and O–H groups in total. The molecule has 0 fully saturated rings. The van der Waals surface area contributed by atoms with Gasteiger partial charge in [-0.05, 0) is 49.2 Å². The second-order valence-electron chi connectivity index (χ2n) is 4.69. The molecule has 0 spiro atoms. The summed E-state index contributed by atoms with van der Waals surface area (Å²) in [4.78, 5) is 14.9. The van der Waals surface area contributed by atoms with Crippen LogP contribution in [-0.4, -0.2) is 29.5 Å². The molecule has 0 bridgehead atoms. The zero-order valence-corrected chi connectivity index (χ0v) is 13.2. The predicted octanol–water partition coefficient (Wildman–Crippen LogP) is 3.18. The molecule has 0 aliphatic heterocycles.